The van der Waals surface area contributed by atoms with Crippen LogP contribution in [0.4, 0.5) is 0 Å². The Labute approximate surface area is 142 Å². The molecule has 0 unspecified atom stereocenters. The third-order valence-corrected chi connectivity index (χ3v) is 4.39. The molecule has 0 atom stereocenters. The van der Waals surface area contributed by atoms with E-state index in [-0.39, 0.29) is 17.7 Å². The maximum Gasteiger partial charge on any atom is 0.258 e. The lowest BCUT2D eigenvalue weighted by Crippen LogP contribution is -2.24. The zero-order valence-corrected chi connectivity index (χ0v) is 14.2. The van der Waals surface area contributed by atoms with Crippen LogP contribution in [-0.2, 0) is 13.6 Å². The first-order valence-electron chi connectivity index (χ1n) is 7.97. The average Bonchev–Trinajstić information content (AvgIpc) is 2.86. The fourth-order valence-corrected chi connectivity index (χ4v) is 3.36. The summed E-state index contributed by atoms with van der Waals surface area (Å²) >= 11 is 0. The first-order valence-corrected chi connectivity index (χ1v) is 7.97. The number of aromatic nitrogens is 5. The van der Waals surface area contributed by atoms with Gasteiger partial charge in [0.05, 0.1) is 17.9 Å². The van der Waals surface area contributed by atoms with Gasteiger partial charge in [-0.2, -0.15) is 5.10 Å². The lowest BCUT2D eigenvalue weighted by molar-refractivity contribution is 0.699. The van der Waals surface area contributed by atoms with Gasteiger partial charge in [0.1, 0.15) is 11.3 Å². The number of fused-ring (bicyclic) bond motifs is 2. The fourth-order valence-electron chi connectivity index (χ4n) is 3.36. The highest BCUT2D eigenvalue weighted by Gasteiger charge is 2.15. The molecule has 0 radical (unpaired) electrons. The number of aryl methyl sites for hydroxylation is 3. The SMILES string of the molecule is Cc1cc(=O)n(Cc2cc(=O)n3ccccc3n2)c2c1c(C)nn2C. The first-order chi connectivity index (χ1) is 12.0. The molecule has 0 aromatic carbocycles. The molecular formula is C18H17N5O2. The Morgan fingerprint density at radius 2 is 1.88 bits per heavy atom. The van der Waals surface area contributed by atoms with Crippen molar-refractivity contribution < 1.29 is 0 Å². The quantitative estimate of drug-likeness (QED) is 0.555. The van der Waals surface area contributed by atoms with Gasteiger partial charge in [-0.3, -0.25) is 23.2 Å². The lowest BCUT2D eigenvalue weighted by atomic mass is 10.1. The number of nitrogens with zero attached hydrogens (tertiary/aromatic N) is 5. The molecule has 4 aromatic heterocycles. The Kier molecular flexibility index (Phi) is 3.31. The van der Waals surface area contributed by atoms with Crippen molar-refractivity contribution in [3.8, 4) is 0 Å². The predicted molar refractivity (Wildman–Crippen MR) is 95.0 cm³/mol. The summed E-state index contributed by atoms with van der Waals surface area (Å²) in [6.07, 6.45) is 1.68. The molecule has 4 rings (SSSR count). The highest BCUT2D eigenvalue weighted by molar-refractivity contribution is 5.82. The van der Waals surface area contributed by atoms with Crippen molar-refractivity contribution in [2.24, 2.45) is 7.05 Å². The molecule has 0 amide bonds. The second-order valence-corrected chi connectivity index (χ2v) is 6.17. The Morgan fingerprint density at radius 3 is 2.68 bits per heavy atom. The molecule has 25 heavy (non-hydrogen) atoms. The van der Waals surface area contributed by atoms with Crippen LogP contribution in [0.3, 0.4) is 0 Å². The summed E-state index contributed by atoms with van der Waals surface area (Å²) in [7, 11) is 1.81. The van der Waals surface area contributed by atoms with Gasteiger partial charge in [0.2, 0.25) is 0 Å². The highest BCUT2D eigenvalue weighted by Crippen LogP contribution is 2.20. The average molecular weight is 335 g/mol. The van der Waals surface area contributed by atoms with E-state index in [1.165, 1.54) is 10.5 Å². The Morgan fingerprint density at radius 1 is 1.08 bits per heavy atom. The van der Waals surface area contributed by atoms with Crippen molar-refractivity contribution in [1.82, 2.24) is 23.7 Å². The van der Waals surface area contributed by atoms with Gasteiger partial charge >= 0.3 is 0 Å². The van der Waals surface area contributed by atoms with Crippen molar-refractivity contribution >= 4 is 16.7 Å². The van der Waals surface area contributed by atoms with Crippen LogP contribution in [0, 0.1) is 13.8 Å². The zero-order valence-electron chi connectivity index (χ0n) is 14.2. The van der Waals surface area contributed by atoms with Crippen molar-refractivity contribution in [2.45, 2.75) is 20.4 Å². The Balaban J connectivity index is 1.95. The van der Waals surface area contributed by atoms with Gasteiger partial charge in [-0.25, -0.2) is 4.98 Å². The topological polar surface area (TPSA) is 74.2 Å². The molecule has 4 heterocycles. The van der Waals surface area contributed by atoms with Gasteiger partial charge in [0, 0.05) is 30.8 Å². The lowest BCUT2D eigenvalue weighted by Gasteiger charge is -2.10. The molecule has 0 saturated carbocycles. The molecule has 0 fully saturated rings. The summed E-state index contributed by atoms with van der Waals surface area (Å²) in [5.41, 5.74) is 3.30. The summed E-state index contributed by atoms with van der Waals surface area (Å²) in [4.78, 5) is 29.4. The molecule has 7 nitrogen and oxygen atoms in total. The predicted octanol–water partition coefficient (Wildman–Crippen LogP) is 1.41. The van der Waals surface area contributed by atoms with Crippen LogP contribution >= 0.6 is 0 Å². The number of pyridine rings is 2. The van der Waals surface area contributed by atoms with E-state index < -0.39 is 0 Å². The second-order valence-electron chi connectivity index (χ2n) is 6.17. The van der Waals surface area contributed by atoms with Gasteiger partial charge in [-0.05, 0) is 31.5 Å². The summed E-state index contributed by atoms with van der Waals surface area (Å²) in [6, 6.07) is 8.44. The molecule has 0 saturated heterocycles. The molecule has 0 aliphatic carbocycles. The minimum atomic E-state index is -0.168. The summed E-state index contributed by atoms with van der Waals surface area (Å²) in [6.45, 7) is 4.05. The Hall–Kier alpha value is -3.22. The second kappa shape index (κ2) is 5.41. The van der Waals surface area contributed by atoms with Gasteiger partial charge in [0.25, 0.3) is 11.1 Å². The van der Waals surface area contributed by atoms with Crippen molar-refractivity contribution in [1.29, 1.82) is 0 Å². The Bertz CT molecular complexity index is 1250. The van der Waals surface area contributed by atoms with E-state index in [9.17, 15) is 9.59 Å². The summed E-state index contributed by atoms with van der Waals surface area (Å²) in [5.74, 6) is 0. The maximum absolute atomic E-state index is 12.6. The fraction of sp³-hybridized carbons (Fsp3) is 0.222. The van der Waals surface area contributed by atoms with Crippen LogP contribution in [0.25, 0.3) is 16.7 Å². The van der Waals surface area contributed by atoms with E-state index in [1.807, 2.05) is 27.0 Å². The molecule has 126 valence electrons. The number of hydrogen-bond donors (Lipinski definition) is 0. The monoisotopic (exact) mass is 335 g/mol. The van der Waals surface area contributed by atoms with E-state index >= 15 is 0 Å². The minimum Gasteiger partial charge on any atom is -0.287 e. The van der Waals surface area contributed by atoms with Crippen LogP contribution < -0.4 is 11.1 Å². The molecule has 0 aliphatic rings. The maximum atomic E-state index is 12.6. The molecule has 0 bridgehead atoms. The van der Waals surface area contributed by atoms with E-state index in [0.29, 0.717) is 11.3 Å². The van der Waals surface area contributed by atoms with Gasteiger partial charge in [-0.1, -0.05) is 6.07 Å². The van der Waals surface area contributed by atoms with E-state index in [0.717, 1.165) is 22.3 Å². The van der Waals surface area contributed by atoms with Crippen molar-refractivity contribution in [2.75, 3.05) is 0 Å². The van der Waals surface area contributed by atoms with E-state index in [1.54, 1.807) is 33.6 Å². The molecule has 7 heteroatoms. The smallest absolute Gasteiger partial charge is 0.258 e. The third-order valence-electron chi connectivity index (χ3n) is 4.39. The van der Waals surface area contributed by atoms with Crippen molar-refractivity contribution in [3.63, 3.8) is 0 Å². The minimum absolute atomic E-state index is 0.136. The molecule has 0 aliphatic heterocycles. The van der Waals surface area contributed by atoms with Crippen LogP contribution in [0.5, 0.6) is 0 Å². The van der Waals surface area contributed by atoms with Crippen LogP contribution in [0.1, 0.15) is 17.0 Å². The summed E-state index contributed by atoms with van der Waals surface area (Å²) in [5, 5.41) is 5.39. The number of rotatable bonds is 2. The van der Waals surface area contributed by atoms with Crippen molar-refractivity contribution in [3.05, 3.63) is 74.2 Å². The first kappa shape index (κ1) is 15.3. The molecule has 4 aromatic rings. The van der Waals surface area contributed by atoms with Crippen LogP contribution in [0.2, 0.25) is 0 Å². The highest BCUT2D eigenvalue weighted by atomic mass is 16.1. The van der Waals surface area contributed by atoms with Crippen LogP contribution in [-0.4, -0.2) is 23.7 Å². The van der Waals surface area contributed by atoms with E-state index in [2.05, 4.69) is 10.1 Å². The van der Waals surface area contributed by atoms with E-state index in [4.69, 9.17) is 0 Å². The molecular weight excluding hydrogens is 318 g/mol. The largest absolute Gasteiger partial charge is 0.287 e. The summed E-state index contributed by atoms with van der Waals surface area (Å²) < 4.78 is 4.79. The normalized spacial score (nSPS) is 11.5. The number of hydrogen-bond acceptors (Lipinski definition) is 4. The standard InChI is InChI=1S/C18H17N5O2/c1-11-8-15(24)23(18-17(11)12(2)20-21(18)3)10-13-9-16(25)22-7-5-4-6-14(22)19-13/h4-9H,10H2,1-3H3. The van der Waals surface area contributed by atoms with Crippen LogP contribution in [0.15, 0.2) is 46.1 Å². The molecule has 0 spiro atoms. The van der Waals surface area contributed by atoms with Gasteiger partial charge < -0.3 is 0 Å². The van der Waals surface area contributed by atoms with Gasteiger partial charge in [0.15, 0.2) is 0 Å². The van der Waals surface area contributed by atoms with Gasteiger partial charge in [-0.15, -0.1) is 0 Å². The third kappa shape index (κ3) is 2.36. The molecule has 0 N–H and O–H groups in total. The zero-order chi connectivity index (χ0) is 17.7.